The molecular formula is C12H16N4OS. The van der Waals surface area contributed by atoms with Gasteiger partial charge >= 0.3 is 0 Å². The van der Waals surface area contributed by atoms with E-state index in [0.29, 0.717) is 13.2 Å². The van der Waals surface area contributed by atoms with Gasteiger partial charge < -0.3 is 10.5 Å². The molecule has 0 spiro atoms. The SMILES string of the molecule is Cn1nc(-c2cccs2)nc1C1(C)COCC1N. The average Bonchev–Trinajstić information content (AvgIpc) is 3.01. The maximum absolute atomic E-state index is 6.14. The fourth-order valence-corrected chi connectivity index (χ4v) is 2.96. The number of ether oxygens (including phenoxy) is 1. The van der Waals surface area contributed by atoms with Crippen molar-refractivity contribution < 1.29 is 4.74 Å². The van der Waals surface area contributed by atoms with Crippen LogP contribution >= 0.6 is 11.3 Å². The van der Waals surface area contributed by atoms with Gasteiger partial charge in [-0.3, -0.25) is 4.68 Å². The number of rotatable bonds is 2. The first-order chi connectivity index (χ1) is 8.61. The highest BCUT2D eigenvalue weighted by Gasteiger charge is 2.43. The summed E-state index contributed by atoms with van der Waals surface area (Å²) in [6, 6.07) is 4.00. The van der Waals surface area contributed by atoms with E-state index in [4.69, 9.17) is 10.5 Å². The van der Waals surface area contributed by atoms with Gasteiger partial charge in [0.05, 0.1) is 23.5 Å². The summed E-state index contributed by atoms with van der Waals surface area (Å²) in [6.07, 6.45) is 0. The van der Waals surface area contributed by atoms with Gasteiger partial charge in [0, 0.05) is 13.1 Å². The van der Waals surface area contributed by atoms with Gasteiger partial charge in [0.25, 0.3) is 0 Å². The molecule has 1 aliphatic rings. The second-order valence-electron chi connectivity index (χ2n) is 4.90. The monoisotopic (exact) mass is 264 g/mol. The van der Waals surface area contributed by atoms with Gasteiger partial charge in [-0.2, -0.15) is 5.10 Å². The van der Waals surface area contributed by atoms with E-state index in [-0.39, 0.29) is 11.5 Å². The Balaban J connectivity index is 2.03. The van der Waals surface area contributed by atoms with Crippen LogP contribution in [0, 0.1) is 0 Å². The summed E-state index contributed by atoms with van der Waals surface area (Å²) in [5, 5.41) is 6.51. The molecule has 0 aromatic carbocycles. The highest BCUT2D eigenvalue weighted by Crippen LogP contribution is 2.32. The van der Waals surface area contributed by atoms with E-state index in [2.05, 4.69) is 17.0 Å². The van der Waals surface area contributed by atoms with E-state index in [1.165, 1.54) is 0 Å². The summed E-state index contributed by atoms with van der Waals surface area (Å²) in [5.41, 5.74) is 5.89. The van der Waals surface area contributed by atoms with Crippen LogP contribution in [-0.2, 0) is 17.2 Å². The van der Waals surface area contributed by atoms with Gasteiger partial charge in [0.1, 0.15) is 5.82 Å². The number of aryl methyl sites for hydroxylation is 1. The molecule has 5 nitrogen and oxygen atoms in total. The van der Waals surface area contributed by atoms with Gasteiger partial charge in [-0.05, 0) is 18.4 Å². The van der Waals surface area contributed by atoms with Crippen molar-refractivity contribution in [2.45, 2.75) is 18.4 Å². The third-order valence-electron chi connectivity index (χ3n) is 3.53. The minimum absolute atomic E-state index is 0.0309. The second kappa shape index (κ2) is 4.15. The largest absolute Gasteiger partial charge is 0.379 e. The summed E-state index contributed by atoms with van der Waals surface area (Å²) in [7, 11) is 1.91. The van der Waals surface area contributed by atoms with Crippen LogP contribution in [0.5, 0.6) is 0 Å². The molecule has 0 bridgehead atoms. The standard InChI is InChI=1S/C12H16N4OS/c1-12(7-17-6-9(12)13)11-14-10(15-16(11)2)8-4-3-5-18-8/h3-5,9H,6-7,13H2,1-2H3. The Hall–Kier alpha value is -1.24. The third kappa shape index (κ3) is 1.68. The van der Waals surface area contributed by atoms with E-state index in [1.807, 2.05) is 29.2 Å². The van der Waals surface area contributed by atoms with Crippen molar-refractivity contribution in [3.8, 4) is 10.7 Å². The Morgan fingerprint density at radius 2 is 2.44 bits per heavy atom. The van der Waals surface area contributed by atoms with Gasteiger partial charge in [-0.1, -0.05) is 6.07 Å². The third-order valence-corrected chi connectivity index (χ3v) is 4.40. The van der Waals surface area contributed by atoms with Crippen LogP contribution in [-0.4, -0.2) is 34.0 Å². The number of aromatic nitrogens is 3. The van der Waals surface area contributed by atoms with Gasteiger partial charge in [0.2, 0.25) is 0 Å². The zero-order valence-electron chi connectivity index (χ0n) is 10.5. The van der Waals surface area contributed by atoms with Crippen LogP contribution in [0.15, 0.2) is 17.5 Å². The molecule has 2 unspecified atom stereocenters. The summed E-state index contributed by atoms with van der Waals surface area (Å²) >= 11 is 1.64. The number of hydrogen-bond acceptors (Lipinski definition) is 5. The quantitative estimate of drug-likeness (QED) is 0.884. The van der Waals surface area contributed by atoms with Crippen molar-refractivity contribution in [3.05, 3.63) is 23.3 Å². The molecule has 3 rings (SSSR count). The van der Waals surface area contributed by atoms with E-state index in [9.17, 15) is 0 Å². The van der Waals surface area contributed by atoms with Gasteiger partial charge in [0.15, 0.2) is 5.82 Å². The molecule has 96 valence electrons. The zero-order chi connectivity index (χ0) is 12.8. The molecule has 0 radical (unpaired) electrons. The van der Waals surface area contributed by atoms with E-state index in [0.717, 1.165) is 16.5 Å². The second-order valence-corrected chi connectivity index (χ2v) is 5.85. The van der Waals surface area contributed by atoms with Crippen LogP contribution in [0.3, 0.4) is 0 Å². The Bertz CT molecular complexity index is 550. The molecule has 1 saturated heterocycles. The number of nitrogens with two attached hydrogens (primary N) is 1. The zero-order valence-corrected chi connectivity index (χ0v) is 11.3. The molecule has 0 aliphatic carbocycles. The molecule has 1 aliphatic heterocycles. The predicted octanol–water partition coefficient (Wildman–Crippen LogP) is 1.16. The van der Waals surface area contributed by atoms with Crippen LogP contribution in [0.1, 0.15) is 12.7 Å². The Labute approximate surface area is 110 Å². The Morgan fingerprint density at radius 1 is 1.61 bits per heavy atom. The first-order valence-electron chi connectivity index (χ1n) is 5.90. The molecule has 18 heavy (non-hydrogen) atoms. The topological polar surface area (TPSA) is 66.0 Å². The predicted molar refractivity (Wildman–Crippen MR) is 70.5 cm³/mol. The highest BCUT2D eigenvalue weighted by atomic mass is 32.1. The summed E-state index contributed by atoms with van der Waals surface area (Å²) in [5.74, 6) is 1.67. The summed E-state index contributed by atoms with van der Waals surface area (Å²) in [6.45, 7) is 3.27. The van der Waals surface area contributed by atoms with Crippen molar-refractivity contribution in [3.63, 3.8) is 0 Å². The molecule has 2 atom stereocenters. The van der Waals surface area contributed by atoms with Crippen LogP contribution in [0.25, 0.3) is 10.7 Å². The van der Waals surface area contributed by atoms with Gasteiger partial charge in [-0.15, -0.1) is 11.3 Å². The smallest absolute Gasteiger partial charge is 0.191 e. The molecule has 3 heterocycles. The maximum atomic E-state index is 6.14. The lowest BCUT2D eigenvalue weighted by Crippen LogP contribution is -2.43. The minimum atomic E-state index is -0.253. The molecular weight excluding hydrogens is 248 g/mol. The first kappa shape index (κ1) is 11.8. The summed E-state index contributed by atoms with van der Waals surface area (Å²) in [4.78, 5) is 5.74. The lowest BCUT2D eigenvalue weighted by molar-refractivity contribution is 0.177. The van der Waals surface area contributed by atoms with Crippen molar-refractivity contribution >= 4 is 11.3 Å². The van der Waals surface area contributed by atoms with Crippen LogP contribution in [0.4, 0.5) is 0 Å². The van der Waals surface area contributed by atoms with Crippen LogP contribution in [0.2, 0.25) is 0 Å². The molecule has 2 N–H and O–H groups in total. The van der Waals surface area contributed by atoms with Crippen molar-refractivity contribution in [2.75, 3.05) is 13.2 Å². The average molecular weight is 264 g/mol. The Kier molecular flexibility index (Phi) is 2.73. The molecule has 2 aromatic rings. The maximum Gasteiger partial charge on any atom is 0.191 e. The lowest BCUT2D eigenvalue weighted by atomic mass is 9.85. The molecule has 6 heteroatoms. The van der Waals surface area contributed by atoms with Crippen molar-refractivity contribution in [1.82, 2.24) is 14.8 Å². The Morgan fingerprint density at radius 3 is 3.06 bits per heavy atom. The summed E-state index contributed by atoms with van der Waals surface area (Å²) < 4.78 is 7.30. The molecule has 0 saturated carbocycles. The minimum Gasteiger partial charge on any atom is -0.379 e. The lowest BCUT2D eigenvalue weighted by Gasteiger charge is -2.25. The highest BCUT2D eigenvalue weighted by molar-refractivity contribution is 7.13. The van der Waals surface area contributed by atoms with Gasteiger partial charge in [-0.25, -0.2) is 4.98 Å². The van der Waals surface area contributed by atoms with Crippen molar-refractivity contribution in [1.29, 1.82) is 0 Å². The fourth-order valence-electron chi connectivity index (χ4n) is 2.31. The van der Waals surface area contributed by atoms with Crippen LogP contribution < -0.4 is 5.73 Å². The van der Waals surface area contributed by atoms with Crippen molar-refractivity contribution in [2.24, 2.45) is 12.8 Å². The van der Waals surface area contributed by atoms with E-state index < -0.39 is 0 Å². The number of thiophene rings is 1. The van der Waals surface area contributed by atoms with E-state index in [1.54, 1.807) is 11.3 Å². The number of hydrogen-bond donors (Lipinski definition) is 1. The number of nitrogens with zero attached hydrogens (tertiary/aromatic N) is 3. The molecule has 2 aromatic heterocycles. The van der Waals surface area contributed by atoms with E-state index >= 15 is 0 Å². The molecule has 1 fully saturated rings. The first-order valence-corrected chi connectivity index (χ1v) is 6.78. The normalized spacial score (nSPS) is 27.8. The fraction of sp³-hybridized carbons (Fsp3) is 0.500. The molecule has 0 amide bonds.